The Morgan fingerprint density at radius 2 is 1.69 bits per heavy atom. The highest BCUT2D eigenvalue weighted by molar-refractivity contribution is 5.97. The minimum atomic E-state index is -1.05. The average Bonchev–Trinajstić information content (AvgIpc) is 3.60. The summed E-state index contributed by atoms with van der Waals surface area (Å²) >= 11 is 0. The predicted octanol–water partition coefficient (Wildman–Crippen LogP) is 4.81. The Kier molecular flexibility index (Phi) is 19.4. The molecule has 0 saturated heterocycles. The van der Waals surface area contributed by atoms with E-state index in [2.05, 4.69) is 43.5 Å². The number of methoxy groups -OCH3 is 1. The maximum atomic E-state index is 13.7. The number of aliphatic hydroxyl groups excluding tert-OH is 1. The van der Waals surface area contributed by atoms with Crippen LogP contribution in [0.2, 0.25) is 0 Å². The highest BCUT2D eigenvalue weighted by atomic mass is 16.6. The first-order valence-corrected chi connectivity index (χ1v) is 18.5. The van der Waals surface area contributed by atoms with E-state index in [1.807, 2.05) is 27.7 Å². The molecule has 0 fully saturated rings. The number of hydrogen-bond donors (Lipinski definition) is 5. The Morgan fingerprint density at radius 1 is 0.962 bits per heavy atom. The molecule has 1 heterocycles. The van der Waals surface area contributed by atoms with Crippen molar-refractivity contribution in [2.24, 2.45) is 23.7 Å². The number of rotatable bonds is 24. The SMILES string of the molecule is CCCCNC(=O)C(CC(O)C(CC(CNC(=O)c1ccc(OCc2nnn[nH]2)cc1OCCCCOC)C(C)C)NC(=O)OC(C)(C)C)C(C)C. The summed E-state index contributed by atoms with van der Waals surface area (Å²) < 4.78 is 22.5. The molecule has 52 heavy (non-hydrogen) atoms. The molecule has 4 unspecified atom stereocenters. The quantitative estimate of drug-likeness (QED) is 0.0928. The van der Waals surface area contributed by atoms with Crippen LogP contribution in [0.5, 0.6) is 11.5 Å². The lowest BCUT2D eigenvalue weighted by molar-refractivity contribution is -0.127. The lowest BCUT2D eigenvalue weighted by Gasteiger charge is -2.33. The number of aromatic amines is 1. The van der Waals surface area contributed by atoms with Crippen LogP contribution in [0, 0.1) is 23.7 Å². The summed E-state index contributed by atoms with van der Waals surface area (Å²) in [5.74, 6) is 0.231. The third-order valence-electron chi connectivity index (χ3n) is 8.62. The fraction of sp³-hybridized carbons (Fsp3) is 0.730. The Labute approximate surface area is 309 Å². The second-order valence-corrected chi connectivity index (χ2v) is 14.8. The Bertz CT molecular complexity index is 1330. The van der Waals surface area contributed by atoms with Crippen molar-refractivity contribution in [2.75, 3.05) is 33.4 Å². The van der Waals surface area contributed by atoms with Crippen molar-refractivity contribution >= 4 is 17.9 Å². The molecule has 294 valence electrons. The first-order chi connectivity index (χ1) is 24.6. The van der Waals surface area contributed by atoms with Gasteiger partial charge in [0.15, 0.2) is 5.82 Å². The summed E-state index contributed by atoms with van der Waals surface area (Å²) in [5, 5.41) is 34.1. The number of nitrogens with one attached hydrogen (secondary N) is 4. The van der Waals surface area contributed by atoms with Crippen LogP contribution in [-0.2, 0) is 20.9 Å². The van der Waals surface area contributed by atoms with Crippen molar-refractivity contribution in [3.63, 3.8) is 0 Å². The molecule has 0 saturated carbocycles. The number of nitrogens with zero attached hydrogens (tertiary/aromatic N) is 3. The van der Waals surface area contributed by atoms with Crippen LogP contribution in [0.15, 0.2) is 18.2 Å². The van der Waals surface area contributed by atoms with Crippen molar-refractivity contribution in [2.45, 2.75) is 118 Å². The number of benzene rings is 1. The molecule has 15 nitrogen and oxygen atoms in total. The largest absolute Gasteiger partial charge is 0.493 e. The average molecular weight is 734 g/mol. The molecule has 2 rings (SSSR count). The summed E-state index contributed by atoms with van der Waals surface area (Å²) in [4.78, 5) is 39.8. The van der Waals surface area contributed by atoms with Crippen molar-refractivity contribution in [1.29, 1.82) is 0 Å². The molecule has 1 aromatic heterocycles. The number of aromatic nitrogens is 4. The van der Waals surface area contributed by atoms with E-state index in [9.17, 15) is 19.5 Å². The molecule has 0 bridgehead atoms. The van der Waals surface area contributed by atoms with Crippen LogP contribution >= 0.6 is 0 Å². The first-order valence-electron chi connectivity index (χ1n) is 18.5. The topological polar surface area (TPSA) is 199 Å². The number of carbonyl (C=O) groups excluding carboxylic acids is 3. The molecule has 1 aromatic carbocycles. The first kappa shape index (κ1) is 44.2. The molecule has 15 heteroatoms. The summed E-state index contributed by atoms with van der Waals surface area (Å²) in [5.41, 5.74) is -0.414. The Balaban J connectivity index is 2.24. The molecule has 5 N–H and O–H groups in total. The highest BCUT2D eigenvalue weighted by Gasteiger charge is 2.33. The van der Waals surface area contributed by atoms with Crippen LogP contribution in [-0.4, -0.2) is 94.8 Å². The van der Waals surface area contributed by atoms with Gasteiger partial charge in [0, 0.05) is 38.8 Å². The predicted molar refractivity (Wildman–Crippen MR) is 197 cm³/mol. The molecule has 0 spiro atoms. The fourth-order valence-corrected chi connectivity index (χ4v) is 5.46. The van der Waals surface area contributed by atoms with Gasteiger partial charge in [0.2, 0.25) is 5.91 Å². The van der Waals surface area contributed by atoms with E-state index in [4.69, 9.17) is 18.9 Å². The number of carbonyl (C=O) groups is 3. The van der Waals surface area contributed by atoms with Crippen molar-refractivity contribution in [1.82, 2.24) is 36.6 Å². The number of tetrazole rings is 1. The molecular formula is C37H63N7O8. The van der Waals surface area contributed by atoms with Gasteiger partial charge in [-0.15, -0.1) is 5.10 Å². The zero-order valence-corrected chi connectivity index (χ0v) is 32.6. The Morgan fingerprint density at radius 3 is 2.31 bits per heavy atom. The van der Waals surface area contributed by atoms with Gasteiger partial charge >= 0.3 is 6.09 Å². The van der Waals surface area contributed by atoms with Gasteiger partial charge < -0.3 is 40.0 Å². The summed E-state index contributed by atoms with van der Waals surface area (Å²) in [7, 11) is 1.64. The third kappa shape index (κ3) is 16.6. The van der Waals surface area contributed by atoms with Gasteiger partial charge in [-0.2, -0.15) is 0 Å². The van der Waals surface area contributed by atoms with Crippen molar-refractivity contribution in [3.8, 4) is 11.5 Å². The van der Waals surface area contributed by atoms with Crippen LogP contribution in [0.3, 0.4) is 0 Å². The number of alkyl carbamates (subject to hydrolysis) is 1. The van der Waals surface area contributed by atoms with Gasteiger partial charge in [0.05, 0.1) is 24.3 Å². The minimum Gasteiger partial charge on any atom is -0.493 e. The second kappa shape index (κ2) is 22.8. The van der Waals surface area contributed by atoms with Crippen molar-refractivity contribution < 1.29 is 38.4 Å². The van der Waals surface area contributed by atoms with Gasteiger partial charge in [-0.25, -0.2) is 9.89 Å². The second-order valence-electron chi connectivity index (χ2n) is 14.8. The zero-order chi connectivity index (χ0) is 38.7. The molecule has 4 atom stereocenters. The lowest BCUT2D eigenvalue weighted by atomic mass is 9.82. The molecular weight excluding hydrogens is 670 g/mol. The highest BCUT2D eigenvalue weighted by Crippen LogP contribution is 2.28. The summed E-state index contributed by atoms with van der Waals surface area (Å²) in [6, 6.07) is 4.24. The van der Waals surface area contributed by atoms with Gasteiger partial charge in [-0.05, 0) is 93.2 Å². The van der Waals surface area contributed by atoms with Crippen molar-refractivity contribution in [3.05, 3.63) is 29.6 Å². The fourth-order valence-electron chi connectivity index (χ4n) is 5.46. The molecule has 0 radical (unpaired) electrons. The standard InChI is InChI=1S/C37H63N7O8/c1-10-11-16-38-35(47)29(25(4)5)21-31(45)30(40-36(48)52-37(6,7)8)19-26(24(2)3)22-39-34(46)28-15-14-27(51-23-33-41-43-44-42-33)20-32(28)50-18-13-12-17-49-9/h14-15,20,24-26,29-31,45H,10-13,16-19,21-23H2,1-9H3,(H,38,47)(H,39,46)(H,40,48)(H,41,42,43,44). The van der Waals surface area contributed by atoms with Gasteiger partial charge in [0.1, 0.15) is 23.7 Å². The van der Waals surface area contributed by atoms with Gasteiger partial charge in [-0.3, -0.25) is 9.59 Å². The molecule has 0 aliphatic heterocycles. The smallest absolute Gasteiger partial charge is 0.407 e. The van der Waals surface area contributed by atoms with E-state index in [1.165, 1.54) is 0 Å². The van der Waals surface area contributed by atoms with Gasteiger partial charge in [-0.1, -0.05) is 41.0 Å². The molecule has 0 aliphatic carbocycles. The van der Waals surface area contributed by atoms with Crippen LogP contribution in [0.25, 0.3) is 0 Å². The zero-order valence-electron chi connectivity index (χ0n) is 32.6. The van der Waals surface area contributed by atoms with E-state index >= 15 is 0 Å². The minimum absolute atomic E-state index is 0.0361. The number of amides is 3. The molecule has 3 amide bonds. The number of unbranched alkanes of at least 4 members (excludes halogenated alkanes) is 2. The van der Waals surface area contributed by atoms with E-state index in [-0.39, 0.29) is 49.1 Å². The van der Waals surface area contributed by atoms with Gasteiger partial charge in [0.25, 0.3) is 5.91 Å². The molecule has 0 aliphatic rings. The lowest BCUT2D eigenvalue weighted by Crippen LogP contribution is -2.49. The maximum Gasteiger partial charge on any atom is 0.407 e. The van der Waals surface area contributed by atoms with Crippen LogP contribution < -0.4 is 25.4 Å². The molecule has 2 aromatic rings. The summed E-state index contributed by atoms with van der Waals surface area (Å²) in [6.45, 7) is 17.2. The van der Waals surface area contributed by atoms with E-state index in [0.29, 0.717) is 49.1 Å². The van der Waals surface area contributed by atoms with E-state index in [0.717, 1.165) is 25.7 Å². The van der Waals surface area contributed by atoms with E-state index in [1.54, 1.807) is 46.1 Å². The summed E-state index contributed by atoms with van der Waals surface area (Å²) in [6.07, 6.45) is 2.12. The number of H-pyrrole nitrogens is 1. The maximum absolute atomic E-state index is 13.7. The van der Waals surface area contributed by atoms with Crippen LogP contribution in [0.1, 0.15) is 110 Å². The van der Waals surface area contributed by atoms with E-state index < -0.39 is 29.8 Å². The third-order valence-corrected chi connectivity index (χ3v) is 8.62. The number of aliphatic hydroxyl groups is 1. The monoisotopic (exact) mass is 733 g/mol. The van der Waals surface area contributed by atoms with Crippen LogP contribution in [0.4, 0.5) is 4.79 Å². The number of hydrogen-bond acceptors (Lipinski definition) is 11. The Hall–Kier alpha value is -3.98. The number of ether oxygens (including phenoxy) is 4. The normalized spacial score (nSPS) is 14.0.